The smallest absolute Gasteiger partial charge is 0.404 e. The van der Waals surface area contributed by atoms with E-state index < -0.39 is 79.4 Å². The lowest BCUT2D eigenvalue weighted by Crippen LogP contribution is -2.85. The van der Waals surface area contributed by atoms with Gasteiger partial charge < -0.3 is 85.0 Å². The fourth-order valence-electron chi connectivity index (χ4n) is 6.28. The molecule has 6 unspecified atom stereocenters. The van der Waals surface area contributed by atoms with Crippen LogP contribution in [-0.4, -0.2) is 151 Å². The number of rotatable bonds is 24. The normalized spacial score (nSPS) is 25.9. The largest absolute Gasteiger partial charge is 0.546 e. The van der Waals surface area contributed by atoms with Crippen LogP contribution in [0.1, 0.15) is 57.8 Å². The number of carbonyl (C=O) groups is 5. The average Bonchev–Trinajstić information content (AvgIpc) is 3.54. The van der Waals surface area contributed by atoms with Crippen molar-refractivity contribution in [2.75, 3.05) is 32.8 Å². The zero-order chi connectivity index (χ0) is 40.4. The van der Waals surface area contributed by atoms with Crippen LogP contribution >= 0.6 is 0 Å². The van der Waals surface area contributed by atoms with Crippen molar-refractivity contribution in [2.24, 2.45) is 5.73 Å². The minimum atomic E-state index is -1.65. The van der Waals surface area contributed by atoms with E-state index in [4.69, 9.17) is 15.2 Å². The number of nitrogens with one attached hydrogen (secondary N) is 6. The number of ether oxygens (including phenoxy) is 2. The van der Waals surface area contributed by atoms with Crippen LogP contribution < -0.4 is 71.1 Å². The molecule has 0 bridgehead atoms. The Morgan fingerprint density at radius 3 is 1.94 bits per heavy atom. The van der Waals surface area contributed by atoms with Gasteiger partial charge in [0.2, 0.25) is 17.7 Å². The highest BCUT2D eigenvalue weighted by molar-refractivity contribution is 5.81. The van der Waals surface area contributed by atoms with E-state index in [2.05, 4.69) is 60.2 Å². The third-order valence-corrected chi connectivity index (χ3v) is 9.21. The number of aliphatic hydroxyl groups excluding tert-OH is 3. The summed E-state index contributed by atoms with van der Waals surface area (Å²) in [6.45, 7) is 0.920. The summed E-state index contributed by atoms with van der Waals surface area (Å²) in [4.78, 5) is 63.5. The summed E-state index contributed by atoms with van der Waals surface area (Å²) in [5, 5.41) is 57.0. The summed E-state index contributed by atoms with van der Waals surface area (Å²) in [5.41, 5.74) is 24.6. The first-order chi connectivity index (χ1) is 25.6. The van der Waals surface area contributed by atoms with Crippen molar-refractivity contribution < 1.29 is 87.5 Å². The van der Waals surface area contributed by atoms with Crippen LogP contribution in [0.15, 0.2) is 0 Å². The second-order valence-electron chi connectivity index (χ2n) is 13.9. The molecule has 2 aliphatic rings. The van der Waals surface area contributed by atoms with Crippen molar-refractivity contribution >= 4 is 35.7 Å². The van der Waals surface area contributed by atoms with Gasteiger partial charge in [-0.1, -0.05) is 0 Å². The van der Waals surface area contributed by atoms with Crippen LogP contribution in [-0.2, 0) is 28.7 Å². The molecule has 11 atom stereocenters. The quantitative estimate of drug-likeness (QED) is 0.0405. The molecular formula is C31H65N12O11+5. The zero-order valence-corrected chi connectivity index (χ0v) is 31.0. The van der Waals surface area contributed by atoms with E-state index in [1.165, 1.54) is 0 Å². The summed E-state index contributed by atoms with van der Waals surface area (Å²) in [7, 11) is 0. The first-order valence-electron chi connectivity index (χ1n) is 18.5. The molecule has 0 aromatic rings. The van der Waals surface area contributed by atoms with E-state index in [0.29, 0.717) is 45.2 Å². The average molecular weight is 782 g/mol. The Bertz CT molecular complexity index is 1250. The number of aliphatic hydroxyl groups is 3. The molecule has 0 aliphatic carbocycles. The number of carbonyl (C=O) groups excluding carboxylic acids is 5. The SMILES string of the molecule is NC(=O)O[C@@H]1[C@@H](O)[C@@H](NC(=O)CC([NH3+])CCCNC(=O)CC([NH3+])CCCNC(=O)CC([NH3+])CCC[NH3+])[C@H](NC2=[NH+]C(C(=O)[O-])C(C(O)C[NH3+])N2)O[C@@H]1CO. The molecular weight excluding hydrogens is 716 g/mol. The van der Waals surface area contributed by atoms with Gasteiger partial charge in [-0.25, -0.2) is 10.1 Å². The minimum absolute atomic E-state index is 0.0266. The molecule has 310 valence electrons. The molecule has 23 heteroatoms. The molecule has 4 amide bonds. The lowest BCUT2D eigenvalue weighted by Gasteiger charge is -2.42. The molecule has 26 N–H and O–H groups in total. The predicted molar refractivity (Wildman–Crippen MR) is 182 cm³/mol. The summed E-state index contributed by atoms with van der Waals surface area (Å²) in [6.07, 6.45) is -3.56. The Hall–Kier alpha value is -3.94. The van der Waals surface area contributed by atoms with Crippen molar-refractivity contribution in [3.63, 3.8) is 0 Å². The summed E-state index contributed by atoms with van der Waals surface area (Å²) < 4.78 is 10.8. The van der Waals surface area contributed by atoms with Gasteiger partial charge in [0.15, 0.2) is 18.4 Å². The maximum absolute atomic E-state index is 13.1. The molecule has 0 aromatic heterocycles. The number of hydrogen-bond acceptors (Lipinski definition) is 13. The van der Waals surface area contributed by atoms with Gasteiger partial charge in [0.25, 0.3) is 0 Å². The summed E-state index contributed by atoms with van der Waals surface area (Å²) in [5.74, 6) is -2.33. The molecule has 1 saturated heterocycles. The van der Waals surface area contributed by atoms with E-state index >= 15 is 0 Å². The first kappa shape index (κ1) is 46.2. The number of carboxylic acid groups (broad SMARTS) is 1. The number of aliphatic carboxylic acids is 1. The van der Waals surface area contributed by atoms with Gasteiger partial charge in [-0.3, -0.25) is 24.7 Å². The maximum Gasteiger partial charge on any atom is 0.404 e. The monoisotopic (exact) mass is 781 g/mol. The molecule has 0 aromatic carbocycles. The van der Waals surface area contributed by atoms with Gasteiger partial charge >= 0.3 is 12.1 Å². The Labute approximate surface area is 313 Å². The van der Waals surface area contributed by atoms with Gasteiger partial charge in [-0.2, -0.15) is 0 Å². The van der Waals surface area contributed by atoms with Crippen molar-refractivity contribution in [2.45, 2.75) is 125 Å². The lowest BCUT2D eigenvalue weighted by molar-refractivity contribution is -0.505. The van der Waals surface area contributed by atoms with Crippen molar-refractivity contribution in [1.82, 2.24) is 26.6 Å². The molecule has 0 radical (unpaired) electrons. The number of amides is 4. The van der Waals surface area contributed by atoms with Crippen molar-refractivity contribution in [3.05, 3.63) is 0 Å². The summed E-state index contributed by atoms with van der Waals surface area (Å²) in [6, 6.07) is -4.22. The van der Waals surface area contributed by atoms with Crippen LogP contribution in [0, 0.1) is 0 Å². The molecule has 0 saturated carbocycles. The number of quaternary nitrogens is 5. The lowest BCUT2D eigenvalue weighted by atomic mass is 9.95. The van der Waals surface area contributed by atoms with E-state index in [0.717, 1.165) is 19.4 Å². The molecule has 1 fully saturated rings. The zero-order valence-electron chi connectivity index (χ0n) is 31.0. The van der Waals surface area contributed by atoms with Crippen molar-refractivity contribution in [3.8, 4) is 0 Å². The van der Waals surface area contributed by atoms with Crippen LogP contribution in [0.2, 0.25) is 0 Å². The third-order valence-electron chi connectivity index (χ3n) is 9.21. The number of hydrogen-bond donors (Lipinski definition) is 15. The fourth-order valence-corrected chi connectivity index (χ4v) is 6.28. The second-order valence-corrected chi connectivity index (χ2v) is 13.9. The maximum atomic E-state index is 13.1. The van der Waals surface area contributed by atoms with Crippen LogP contribution in [0.4, 0.5) is 4.79 Å². The van der Waals surface area contributed by atoms with Crippen molar-refractivity contribution in [1.29, 1.82) is 0 Å². The summed E-state index contributed by atoms with van der Waals surface area (Å²) >= 11 is 0. The van der Waals surface area contributed by atoms with E-state index in [1.54, 1.807) is 0 Å². The Kier molecular flexibility index (Phi) is 20.3. The van der Waals surface area contributed by atoms with E-state index in [1.807, 2.05) is 0 Å². The number of nitrogens with two attached hydrogens (primary N) is 1. The molecule has 54 heavy (non-hydrogen) atoms. The molecule has 2 rings (SSSR count). The predicted octanol–water partition coefficient (Wildman–Crippen LogP) is -13.5. The Balaban J connectivity index is 1.85. The van der Waals surface area contributed by atoms with Gasteiger partial charge in [-0.05, 0) is 12.8 Å². The Morgan fingerprint density at radius 2 is 1.46 bits per heavy atom. The fraction of sp³-hybridized carbons (Fsp3) is 0.806. The highest BCUT2D eigenvalue weighted by Gasteiger charge is 2.51. The molecule has 23 nitrogen and oxygen atoms in total. The highest BCUT2D eigenvalue weighted by Crippen LogP contribution is 2.23. The van der Waals surface area contributed by atoms with Gasteiger partial charge in [0.05, 0.1) is 56.5 Å². The first-order valence-corrected chi connectivity index (χ1v) is 18.5. The number of carboxylic acids is 1. The Morgan fingerprint density at radius 1 is 0.926 bits per heavy atom. The standard InChI is InChI=1S/C31H60N12O11/c32-7-1-4-15(34)10-20(46)38-8-2-5-16(35)11-21(47)39-9-3-6-17(36)12-22(48)40-25-26(49)27(54-30(37)52)19(14-44)53-28(25)43-31-41-23(18(45)13-33)24(42-31)29(50)51/h15-19,23-28,44-45,49H,1-14,32-36H2,(H2,37,52)(H,38,46)(H,39,47)(H,40,48)(H,50,51)(H2,41,42,43)/p+5/t15?,16?,17?,18?,19-,23?,24?,25-,26+,27+,28-/m1/s1. The van der Waals surface area contributed by atoms with Gasteiger partial charge in [0.1, 0.15) is 36.9 Å². The van der Waals surface area contributed by atoms with Crippen LogP contribution in [0.5, 0.6) is 0 Å². The molecule has 2 heterocycles. The van der Waals surface area contributed by atoms with E-state index in [-0.39, 0.29) is 49.2 Å². The van der Waals surface area contributed by atoms with Crippen LogP contribution in [0.3, 0.4) is 0 Å². The topological polar surface area (TPSA) is 426 Å². The third kappa shape index (κ3) is 15.8. The second kappa shape index (κ2) is 23.8. The molecule has 2 aliphatic heterocycles. The van der Waals surface area contributed by atoms with Gasteiger partial charge in [0, 0.05) is 38.8 Å². The van der Waals surface area contributed by atoms with Gasteiger partial charge in [-0.15, -0.1) is 0 Å². The van der Waals surface area contributed by atoms with E-state index in [9.17, 15) is 44.4 Å². The minimum Gasteiger partial charge on any atom is -0.546 e. The highest BCUT2D eigenvalue weighted by atomic mass is 16.6. The number of guanidine groups is 1. The van der Waals surface area contributed by atoms with Crippen LogP contribution in [0.25, 0.3) is 0 Å². The molecule has 0 spiro atoms. The number of primary amides is 1.